The number of benzene rings is 2. The number of nitrogens with zero attached hydrogens (tertiary/aromatic N) is 1. The Kier molecular flexibility index (Phi) is 8.44. The summed E-state index contributed by atoms with van der Waals surface area (Å²) in [6, 6.07) is 7.71. The van der Waals surface area contributed by atoms with Gasteiger partial charge in [-0.05, 0) is 74.5 Å². The molecule has 5 rings (SSSR count). The molecular weight excluding hydrogens is 485 g/mol. The summed E-state index contributed by atoms with van der Waals surface area (Å²) in [5.74, 6) is -1.73. The van der Waals surface area contributed by atoms with Crippen molar-refractivity contribution >= 4 is 41.7 Å². The summed E-state index contributed by atoms with van der Waals surface area (Å²) in [4.78, 5) is 17.3. The average Bonchev–Trinajstić information content (AvgIpc) is 3.13. The molecule has 1 aliphatic carbocycles. The van der Waals surface area contributed by atoms with Crippen molar-refractivity contribution in [1.29, 1.82) is 0 Å². The third-order valence-electron chi connectivity index (χ3n) is 6.91. The Bertz CT molecular complexity index is 1170. The Hall–Kier alpha value is -2.35. The van der Waals surface area contributed by atoms with Gasteiger partial charge in [-0.25, -0.2) is 13.6 Å². The normalized spacial score (nSPS) is 17.3. The van der Waals surface area contributed by atoms with E-state index in [0.717, 1.165) is 54.8 Å². The number of aromatic amines is 1. The Balaban J connectivity index is 0.00000162. The van der Waals surface area contributed by atoms with Gasteiger partial charge in [0.05, 0.1) is 5.56 Å². The van der Waals surface area contributed by atoms with Crippen LogP contribution in [-0.4, -0.2) is 46.2 Å². The van der Waals surface area contributed by atoms with Crippen LogP contribution >= 0.6 is 24.8 Å². The number of nitrogens with one attached hydrogen (secondary N) is 1. The number of carbonyl (C=O) groups is 1. The highest BCUT2D eigenvalue weighted by Gasteiger charge is 2.35. The van der Waals surface area contributed by atoms with Crippen LogP contribution in [0.15, 0.2) is 36.5 Å². The Labute approximate surface area is 209 Å². The van der Waals surface area contributed by atoms with E-state index >= 15 is 0 Å². The molecule has 0 saturated heterocycles. The molecule has 2 N–H and O–H groups in total. The first kappa shape index (κ1) is 26.3. The van der Waals surface area contributed by atoms with Crippen molar-refractivity contribution in [1.82, 2.24) is 9.88 Å². The summed E-state index contributed by atoms with van der Waals surface area (Å²) in [7, 11) is 0. The summed E-state index contributed by atoms with van der Waals surface area (Å²) in [5, 5.41) is 10.5. The molecule has 184 valence electrons. The third-order valence-corrected chi connectivity index (χ3v) is 6.91. The van der Waals surface area contributed by atoms with Crippen LogP contribution in [0.4, 0.5) is 8.78 Å². The number of hydrogen-bond acceptors (Lipinski definition) is 3. The van der Waals surface area contributed by atoms with Gasteiger partial charge in [-0.15, -0.1) is 24.8 Å². The molecule has 5 nitrogen and oxygen atoms in total. The smallest absolute Gasteiger partial charge is 0.336 e. The molecule has 0 radical (unpaired) electrons. The van der Waals surface area contributed by atoms with Crippen LogP contribution in [-0.2, 0) is 12.8 Å². The van der Waals surface area contributed by atoms with Gasteiger partial charge in [0.2, 0.25) is 0 Å². The maximum Gasteiger partial charge on any atom is 0.336 e. The standard InChI is InChI=1S/C25H26F2N2O3.2ClH/c26-16-6-9-23-20(11-16)15(13-28-23)3-2-10-29(17-4-1-5-17)18-12-21-19(25(30)31)7-8-22(27)24(21)32-14-18;;/h6-9,11,13,17-18,28H,1-5,10,12,14H2,(H,30,31);2*1H. The van der Waals surface area contributed by atoms with E-state index in [9.17, 15) is 18.7 Å². The number of fused-ring (bicyclic) bond motifs is 2. The largest absolute Gasteiger partial charge is 0.489 e. The van der Waals surface area contributed by atoms with Crippen molar-refractivity contribution in [2.75, 3.05) is 13.2 Å². The molecule has 0 bridgehead atoms. The highest BCUT2D eigenvalue weighted by molar-refractivity contribution is 5.90. The molecule has 1 saturated carbocycles. The van der Waals surface area contributed by atoms with Gasteiger partial charge in [0, 0.05) is 34.7 Å². The van der Waals surface area contributed by atoms with Gasteiger partial charge >= 0.3 is 5.97 Å². The lowest BCUT2D eigenvalue weighted by atomic mass is 9.87. The number of rotatable bonds is 7. The van der Waals surface area contributed by atoms with Gasteiger partial charge in [-0.2, -0.15) is 0 Å². The highest BCUT2D eigenvalue weighted by atomic mass is 35.5. The van der Waals surface area contributed by atoms with Crippen molar-refractivity contribution in [2.45, 2.75) is 50.6 Å². The quantitative estimate of drug-likeness (QED) is 0.421. The monoisotopic (exact) mass is 512 g/mol. The van der Waals surface area contributed by atoms with E-state index in [1.54, 1.807) is 12.1 Å². The minimum Gasteiger partial charge on any atom is -0.489 e. The van der Waals surface area contributed by atoms with Crippen molar-refractivity contribution in [3.8, 4) is 5.75 Å². The van der Waals surface area contributed by atoms with E-state index in [-0.39, 0.29) is 48.0 Å². The fraction of sp³-hybridized carbons (Fsp3) is 0.400. The van der Waals surface area contributed by atoms with Crippen LogP contribution in [0.25, 0.3) is 10.9 Å². The SMILES string of the molecule is Cl.Cl.O=C(O)c1ccc(F)c2c1CC(N(CCCc1c[nH]c3ccc(F)cc13)C1CCC1)CO2. The molecule has 1 fully saturated rings. The van der Waals surface area contributed by atoms with Crippen LogP contribution < -0.4 is 4.74 Å². The fourth-order valence-corrected chi connectivity index (χ4v) is 5.04. The zero-order chi connectivity index (χ0) is 22.2. The maximum absolute atomic E-state index is 14.2. The Morgan fingerprint density at radius 2 is 1.94 bits per heavy atom. The molecule has 2 aromatic carbocycles. The molecule has 1 aromatic heterocycles. The van der Waals surface area contributed by atoms with E-state index < -0.39 is 11.8 Å². The minimum atomic E-state index is -1.06. The highest BCUT2D eigenvalue weighted by Crippen LogP contribution is 2.35. The lowest BCUT2D eigenvalue weighted by molar-refractivity contribution is 0.0417. The number of aromatic nitrogens is 1. The van der Waals surface area contributed by atoms with E-state index in [0.29, 0.717) is 24.6 Å². The first-order valence-corrected chi connectivity index (χ1v) is 11.2. The number of H-pyrrole nitrogens is 1. The topological polar surface area (TPSA) is 65.6 Å². The number of hydrogen-bond donors (Lipinski definition) is 2. The van der Waals surface area contributed by atoms with Crippen LogP contribution in [0.5, 0.6) is 5.75 Å². The average molecular weight is 513 g/mol. The summed E-state index contributed by atoms with van der Waals surface area (Å²) >= 11 is 0. The number of ether oxygens (including phenoxy) is 1. The molecule has 2 aliphatic rings. The second kappa shape index (κ2) is 10.9. The second-order valence-corrected chi connectivity index (χ2v) is 8.81. The van der Waals surface area contributed by atoms with Gasteiger partial charge in [0.1, 0.15) is 12.4 Å². The number of halogens is 4. The lowest BCUT2D eigenvalue weighted by Crippen LogP contribution is -2.51. The van der Waals surface area contributed by atoms with Crippen molar-refractivity contribution in [3.05, 3.63) is 64.9 Å². The molecule has 2 heterocycles. The summed E-state index contributed by atoms with van der Waals surface area (Å²) < 4.78 is 33.7. The molecule has 1 unspecified atom stereocenters. The van der Waals surface area contributed by atoms with E-state index in [1.807, 2.05) is 6.20 Å². The van der Waals surface area contributed by atoms with Crippen LogP contribution in [0, 0.1) is 11.6 Å². The number of carboxylic acids is 1. The van der Waals surface area contributed by atoms with Crippen molar-refractivity contribution in [2.24, 2.45) is 0 Å². The van der Waals surface area contributed by atoms with Gasteiger partial charge < -0.3 is 14.8 Å². The van der Waals surface area contributed by atoms with Crippen LogP contribution in [0.3, 0.4) is 0 Å². The molecule has 34 heavy (non-hydrogen) atoms. The molecule has 9 heteroatoms. The van der Waals surface area contributed by atoms with Crippen molar-refractivity contribution in [3.63, 3.8) is 0 Å². The van der Waals surface area contributed by atoms with E-state index in [1.165, 1.54) is 18.6 Å². The van der Waals surface area contributed by atoms with Crippen LogP contribution in [0.2, 0.25) is 0 Å². The fourth-order valence-electron chi connectivity index (χ4n) is 5.04. The predicted molar refractivity (Wildman–Crippen MR) is 132 cm³/mol. The first-order valence-electron chi connectivity index (χ1n) is 11.2. The number of carboxylic acid groups (broad SMARTS) is 1. The van der Waals surface area contributed by atoms with Gasteiger partial charge in [-0.3, -0.25) is 4.90 Å². The summed E-state index contributed by atoms with van der Waals surface area (Å²) in [6.45, 7) is 1.18. The molecule has 1 aliphatic heterocycles. The molecular formula is C25H28Cl2F2N2O3. The van der Waals surface area contributed by atoms with Gasteiger partial charge in [0.15, 0.2) is 11.6 Å². The Morgan fingerprint density at radius 3 is 2.65 bits per heavy atom. The summed E-state index contributed by atoms with van der Waals surface area (Å²) in [5.41, 5.74) is 2.58. The summed E-state index contributed by atoms with van der Waals surface area (Å²) in [6.07, 6.45) is 7.50. The first-order chi connectivity index (χ1) is 15.5. The third kappa shape index (κ3) is 5.02. The second-order valence-electron chi connectivity index (χ2n) is 8.81. The predicted octanol–water partition coefficient (Wildman–Crippen LogP) is 5.78. The zero-order valence-corrected chi connectivity index (χ0v) is 20.2. The lowest BCUT2D eigenvalue weighted by Gasteiger charge is -2.44. The molecule has 1 atom stereocenters. The Morgan fingerprint density at radius 1 is 1.15 bits per heavy atom. The molecule has 0 amide bonds. The van der Waals surface area contributed by atoms with Gasteiger partial charge in [-0.1, -0.05) is 6.42 Å². The molecule has 3 aromatic rings. The van der Waals surface area contributed by atoms with E-state index in [2.05, 4.69) is 9.88 Å². The molecule has 0 spiro atoms. The number of aromatic carboxylic acids is 1. The zero-order valence-electron chi connectivity index (χ0n) is 18.6. The van der Waals surface area contributed by atoms with Gasteiger partial charge in [0.25, 0.3) is 0 Å². The number of aryl methyl sites for hydroxylation is 1. The minimum absolute atomic E-state index is 0. The maximum atomic E-state index is 14.2. The van der Waals surface area contributed by atoms with E-state index in [4.69, 9.17) is 4.74 Å². The van der Waals surface area contributed by atoms with Crippen molar-refractivity contribution < 1.29 is 23.4 Å². The van der Waals surface area contributed by atoms with Crippen LogP contribution in [0.1, 0.15) is 47.2 Å².